The average Bonchev–Trinajstić information content (AvgIpc) is 2.42. The summed E-state index contributed by atoms with van der Waals surface area (Å²) in [4.78, 5) is 13.7. The molecule has 1 aliphatic rings. The Hall–Kier alpha value is -1.00. The molecule has 104 valence electrons. The van der Waals surface area contributed by atoms with Gasteiger partial charge in [-0.05, 0) is 35.5 Å². The molecule has 0 radical (unpaired) electrons. The number of rotatable bonds is 6. The highest BCUT2D eigenvalue weighted by molar-refractivity contribution is 7.99. The molecule has 0 aliphatic carbocycles. The van der Waals surface area contributed by atoms with Gasteiger partial charge in [0.15, 0.2) is 0 Å². The fourth-order valence-corrected chi connectivity index (χ4v) is 3.28. The van der Waals surface area contributed by atoms with Gasteiger partial charge in [-0.3, -0.25) is 9.69 Å². The van der Waals surface area contributed by atoms with Gasteiger partial charge in [0.05, 0.1) is 0 Å². The van der Waals surface area contributed by atoms with Crippen molar-refractivity contribution in [3.05, 3.63) is 35.4 Å². The van der Waals surface area contributed by atoms with Crippen LogP contribution in [0, 0.1) is 0 Å². The van der Waals surface area contributed by atoms with Crippen molar-refractivity contribution >= 4 is 17.7 Å². The standard InChI is InChI=1S/C15H21NO2S/c1-2-19-11-5-9-16-10-8-12-6-3-4-7-13(12)14(16)15(17)18/h3-4,6-7,14H,2,5,8-11H2,1H3,(H,17,18). The summed E-state index contributed by atoms with van der Waals surface area (Å²) in [6, 6.07) is 7.48. The monoisotopic (exact) mass is 279 g/mol. The fourth-order valence-electron chi connectivity index (χ4n) is 2.66. The molecule has 3 nitrogen and oxygen atoms in total. The summed E-state index contributed by atoms with van der Waals surface area (Å²) in [6.07, 6.45) is 2.02. The van der Waals surface area contributed by atoms with E-state index in [9.17, 15) is 9.90 Å². The average molecular weight is 279 g/mol. The molecule has 1 heterocycles. The Bertz CT molecular complexity index is 436. The molecule has 0 aromatic heterocycles. The first kappa shape index (κ1) is 14.4. The smallest absolute Gasteiger partial charge is 0.325 e. The van der Waals surface area contributed by atoms with Crippen LogP contribution in [0.3, 0.4) is 0 Å². The number of benzene rings is 1. The van der Waals surface area contributed by atoms with Gasteiger partial charge in [0, 0.05) is 13.1 Å². The van der Waals surface area contributed by atoms with Gasteiger partial charge in [-0.1, -0.05) is 31.2 Å². The molecule has 1 aromatic rings. The predicted octanol–water partition coefficient (Wildman–Crippen LogP) is 2.81. The van der Waals surface area contributed by atoms with E-state index in [1.54, 1.807) is 0 Å². The third kappa shape index (κ3) is 3.51. The normalized spacial score (nSPS) is 19.1. The van der Waals surface area contributed by atoms with Crippen LogP contribution in [0.2, 0.25) is 0 Å². The van der Waals surface area contributed by atoms with Gasteiger partial charge in [0.2, 0.25) is 0 Å². The molecular weight excluding hydrogens is 258 g/mol. The molecule has 1 aromatic carbocycles. The lowest BCUT2D eigenvalue weighted by molar-refractivity contribution is -0.144. The Labute approximate surface area is 119 Å². The lowest BCUT2D eigenvalue weighted by Crippen LogP contribution is -2.40. The highest BCUT2D eigenvalue weighted by Gasteiger charge is 2.32. The Morgan fingerprint density at radius 3 is 3.00 bits per heavy atom. The highest BCUT2D eigenvalue weighted by atomic mass is 32.2. The van der Waals surface area contributed by atoms with Gasteiger partial charge in [0.25, 0.3) is 0 Å². The lowest BCUT2D eigenvalue weighted by Gasteiger charge is -2.34. The SMILES string of the molecule is CCSCCCN1CCc2ccccc2C1C(=O)O. The van der Waals surface area contributed by atoms with Crippen molar-refractivity contribution in [1.82, 2.24) is 4.90 Å². The second-order valence-electron chi connectivity index (χ2n) is 4.78. The van der Waals surface area contributed by atoms with Gasteiger partial charge >= 0.3 is 5.97 Å². The van der Waals surface area contributed by atoms with Crippen molar-refractivity contribution in [3.63, 3.8) is 0 Å². The number of hydrogen-bond acceptors (Lipinski definition) is 3. The second-order valence-corrected chi connectivity index (χ2v) is 6.17. The number of aliphatic carboxylic acids is 1. The van der Waals surface area contributed by atoms with E-state index < -0.39 is 12.0 Å². The molecule has 0 amide bonds. The van der Waals surface area contributed by atoms with E-state index in [2.05, 4.69) is 17.9 Å². The van der Waals surface area contributed by atoms with E-state index in [4.69, 9.17) is 0 Å². The number of carboxylic acids is 1. The Kier molecular flexibility index (Phi) is 5.28. The number of fused-ring (bicyclic) bond motifs is 1. The molecule has 4 heteroatoms. The van der Waals surface area contributed by atoms with Crippen LogP contribution in [-0.2, 0) is 11.2 Å². The third-order valence-corrected chi connectivity index (χ3v) is 4.54. The summed E-state index contributed by atoms with van der Waals surface area (Å²) >= 11 is 1.92. The molecule has 1 aliphatic heterocycles. The molecule has 1 atom stereocenters. The number of nitrogens with zero attached hydrogens (tertiary/aromatic N) is 1. The summed E-state index contributed by atoms with van der Waals surface area (Å²) in [7, 11) is 0. The van der Waals surface area contributed by atoms with Crippen LogP contribution in [0.15, 0.2) is 24.3 Å². The molecule has 0 saturated carbocycles. The summed E-state index contributed by atoms with van der Waals surface area (Å²) < 4.78 is 0. The zero-order valence-corrected chi connectivity index (χ0v) is 12.2. The minimum Gasteiger partial charge on any atom is -0.480 e. The number of carbonyl (C=O) groups is 1. The largest absolute Gasteiger partial charge is 0.480 e. The molecular formula is C15H21NO2S. The zero-order valence-electron chi connectivity index (χ0n) is 11.3. The van der Waals surface area contributed by atoms with Gasteiger partial charge in [0.1, 0.15) is 6.04 Å². The van der Waals surface area contributed by atoms with Crippen LogP contribution < -0.4 is 0 Å². The number of hydrogen-bond donors (Lipinski definition) is 1. The minimum absolute atomic E-state index is 0.462. The third-order valence-electron chi connectivity index (χ3n) is 3.56. The zero-order chi connectivity index (χ0) is 13.7. The molecule has 1 unspecified atom stereocenters. The number of thioether (sulfide) groups is 1. The molecule has 2 rings (SSSR count). The van der Waals surface area contributed by atoms with E-state index in [0.29, 0.717) is 0 Å². The maximum Gasteiger partial charge on any atom is 0.325 e. The Morgan fingerprint density at radius 1 is 1.47 bits per heavy atom. The van der Waals surface area contributed by atoms with Crippen LogP contribution in [-0.4, -0.2) is 40.6 Å². The predicted molar refractivity (Wildman–Crippen MR) is 79.7 cm³/mol. The van der Waals surface area contributed by atoms with Crippen LogP contribution in [0.4, 0.5) is 0 Å². The molecule has 0 saturated heterocycles. The van der Waals surface area contributed by atoms with Crippen molar-refractivity contribution in [2.45, 2.75) is 25.8 Å². The molecule has 1 N–H and O–H groups in total. The van der Waals surface area contributed by atoms with Gasteiger partial charge in [-0.2, -0.15) is 11.8 Å². The quantitative estimate of drug-likeness (QED) is 0.813. The van der Waals surface area contributed by atoms with E-state index in [1.807, 2.05) is 30.0 Å². The summed E-state index contributed by atoms with van der Waals surface area (Å²) in [6.45, 7) is 3.88. The Morgan fingerprint density at radius 2 is 2.26 bits per heavy atom. The molecule has 0 bridgehead atoms. The van der Waals surface area contributed by atoms with Crippen molar-refractivity contribution in [3.8, 4) is 0 Å². The van der Waals surface area contributed by atoms with Crippen molar-refractivity contribution < 1.29 is 9.90 Å². The first-order valence-corrected chi connectivity index (χ1v) is 8.02. The van der Waals surface area contributed by atoms with E-state index in [0.717, 1.165) is 43.0 Å². The molecule has 0 fully saturated rings. The summed E-state index contributed by atoms with van der Waals surface area (Å²) in [5.74, 6) is 1.52. The maximum absolute atomic E-state index is 11.6. The highest BCUT2D eigenvalue weighted by Crippen LogP contribution is 2.29. The maximum atomic E-state index is 11.6. The summed E-state index contributed by atoms with van der Waals surface area (Å²) in [5, 5.41) is 9.51. The minimum atomic E-state index is -0.727. The van der Waals surface area contributed by atoms with E-state index in [-0.39, 0.29) is 0 Å². The summed E-state index contributed by atoms with van der Waals surface area (Å²) in [5.41, 5.74) is 2.17. The molecule has 0 spiro atoms. The first-order chi connectivity index (χ1) is 9.24. The van der Waals surface area contributed by atoms with Gasteiger partial charge < -0.3 is 5.11 Å². The van der Waals surface area contributed by atoms with Crippen LogP contribution in [0.1, 0.15) is 30.5 Å². The van der Waals surface area contributed by atoms with E-state index in [1.165, 1.54) is 5.56 Å². The fraction of sp³-hybridized carbons (Fsp3) is 0.533. The van der Waals surface area contributed by atoms with Crippen LogP contribution in [0.25, 0.3) is 0 Å². The second kappa shape index (κ2) is 6.96. The molecule has 19 heavy (non-hydrogen) atoms. The van der Waals surface area contributed by atoms with Gasteiger partial charge in [-0.15, -0.1) is 0 Å². The van der Waals surface area contributed by atoms with Gasteiger partial charge in [-0.25, -0.2) is 0 Å². The number of carboxylic acid groups (broad SMARTS) is 1. The lowest BCUT2D eigenvalue weighted by atomic mass is 9.92. The Balaban J connectivity index is 2.07. The van der Waals surface area contributed by atoms with Crippen LogP contribution in [0.5, 0.6) is 0 Å². The van der Waals surface area contributed by atoms with Crippen molar-refractivity contribution in [1.29, 1.82) is 0 Å². The topological polar surface area (TPSA) is 40.5 Å². The van der Waals surface area contributed by atoms with Crippen molar-refractivity contribution in [2.24, 2.45) is 0 Å². The van der Waals surface area contributed by atoms with E-state index >= 15 is 0 Å². The van der Waals surface area contributed by atoms with Crippen molar-refractivity contribution in [2.75, 3.05) is 24.6 Å². The van der Waals surface area contributed by atoms with Crippen LogP contribution >= 0.6 is 11.8 Å². The first-order valence-electron chi connectivity index (χ1n) is 6.86.